The minimum Gasteiger partial charge on any atom is -0.480 e. The van der Waals surface area contributed by atoms with E-state index in [4.69, 9.17) is 16.3 Å². The Morgan fingerprint density at radius 1 is 1.16 bits per heavy atom. The van der Waals surface area contributed by atoms with Crippen LogP contribution in [0, 0.1) is 0 Å². The summed E-state index contributed by atoms with van der Waals surface area (Å²) in [5, 5.41) is 21.7. The van der Waals surface area contributed by atoms with Crippen LogP contribution in [0.4, 0.5) is 13.2 Å². The van der Waals surface area contributed by atoms with Crippen molar-refractivity contribution in [3.05, 3.63) is 70.6 Å². The van der Waals surface area contributed by atoms with Gasteiger partial charge in [-0.1, -0.05) is 42.8 Å². The van der Waals surface area contributed by atoms with Gasteiger partial charge in [-0.25, -0.2) is 4.98 Å². The van der Waals surface area contributed by atoms with E-state index < -0.39 is 24.2 Å². The van der Waals surface area contributed by atoms with Gasteiger partial charge in [0.1, 0.15) is 11.6 Å². The standard InChI is InChI=1S/C27H31ClF3N3O4/c1-16(15-36)25-33-23(14-34(25)3)19-6-4-18(5-7-19)12-21(10-11-35)32-26(37)20-8-9-24(22(28)13-20)38-17(2)27(29,30)31/h4-9,13-14,16-17,21,35-36H,10-12,15H2,1-3H3,(H,32,37). The first-order valence-electron chi connectivity index (χ1n) is 12.1. The number of benzene rings is 2. The molecule has 0 bridgehead atoms. The number of aliphatic hydroxyl groups is 2. The monoisotopic (exact) mass is 553 g/mol. The summed E-state index contributed by atoms with van der Waals surface area (Å²) in [5.41, 5.74) is 2.77. The second-order valence-electron chi connectivity index (χ2n) is 9.21. The molecule has 1 amide bonds. The fourth-order valence-electron chi connectivity index (χ4n) is 3.90. The number of hydrogen-bond acceptors (Lipinski definition) is 5. The SMILES string of the molecule is CC(CO)c1nc(-c2ccc(CC(CCO)NC(=O)c3ccc(OC(C)C(F)(F)F)c(Cl)c3)cc2)cn1C. The van der Waals surface area contributed by atoms with Gasteiger partial charge in [0.2, 0.25) is 0 Å². The third kappa shape index (κ3) is 7.49. The predicted octanol–water partition coefficient (Wildman–Crippen LogP) is 4.89. The molecule has 3 unspecified atom stereocenters. The van der Waals surface area contributed by atoms with Crippen LogP contribution < -0.4 is 10.1 Å². The highest BCUT2D eigenvalue weighted by atomic mass is 35.5. The number of carbonyl (C=O) groups is 1. The van der Waals surface area contributed by atoms with E-state index in [-0.39, 0.29) is 35.5 Å². The van der Waals surface area contributed by atoms with Gasteiger partial charge < -0.3 is 24.8 Å². The Balaban J connectivity index is 1.67. The van der Waals surface area contributed by atoms with Gasteiger partial charge in [0, 0.05) is 42.9 Å². The lowest BCUT2D eigenvalue weighted by Crippen LogP contribution is -2.37. The molecule has 0 saturated carbocycles. The molecule has 2 aromatic carbocycles. The normalized spacial score (nSPS) is 14.1. The van der Waals surface area contributed by atoms with E-state index in [0.29, 0.717) is 12.8 Å². The van der Waals surface area contributed by atoms with Crippen LogP contribution in [-0.2, 0) is 13.5 Å². The molecule has 3 rings (SSSR count). The number of imidazole rings is 1. The van der Waals surface area contributed by atoms with Gasteiger partial charge in [-0.3, -0.25) is 4.79 Å². The highest BCUT2D eigenvalue weighted by Crippen LogP contribution is 2.31. The highest BCUT2D eigenvalue weighted by Gasteiger charge is 2.38. The average Bonchev–Trinajstić information content (AvgIpc) is 3.26. The predicted molar refractivity (Wildman–Crippen MR) is 138 cm³/mol. The second kappa shape index (κ2) is 12.6. The van der Waals surface area contributed by atoms with Crippen LogP contribution in [0.25, 0.3) is 11.3 Å². The van der Waals surface area contributed by atoms with Crippen LogP contribution in [-0.4, -0.2) is 57.2 Å². The van der Waals surface area contributed by atoms with Crippen LogP contribution in [0.1, 0.15) is 47.9 Å². The molecule has 3 atom stereocenters. The van der Waals surface area contributed by atoms with Gasteiger partial charge in [0.05, 0.1) is 17.3 Å². The zero-order valence-electron chi connectivity index (χ0n) is 21.3. The molecule has 0 aliphatic rings. The molecule has 3 N–H and O–H groups in total. The third-order valence-electron chi connectivity index (χ3n) is 6.13. The van der Waals surface area contributed by atoms with E-state index in [2.05, 4.69) is 10.3 Å². The van der Waals surface area contributed by atoms with Gasteiger partial charge in [-0.15, -0.1) is 0 Å². The zero-order valence-corrected chi connectivity index (χ0v) is 22.1. The van der Waals surface area contributed by atoms with Crippen molar-refractivity contribution in [3.8, 4) is 17.0 Å². The summed E-state index contributed by atoms with van der Waals surface area (Å²) in [7, 11) is 1.88. The number of aliphatic hydroxyl groups excluding tert-OH is 2. The molecule has 1 heterocycles. The number of halogens is 4. The van der Waals surface area contributed by atoms with Crippen LogP contribution in [0.5, 0.6) is 5.75 Å². The first kappa shape index (κ1) is 29.5. The lowest BCUT2D eigenvalue weighted by Gasteiger charge is -2.20. The van der Waals surface area contributed by atoms with Crippen LogP contribution in [0.2, 0.25) is 5.02 Å². The first-order chi connectivity index (χ1) is 17.9. The summed E-state index contributed by atoms with van der Waals surface area (Å²) in [6, 6.07) is 11.1. The maximum absolute atomic E-state index is 12.8. The molecule has 0 spiro atoms. The average molecular weight is 554 g/mol. The highest BCUT2D eigenvalue weighted by molar-refractivity contribution is 6.32. The number of ether oxygens (including phenoxy) is 1. The molecule has 38 heavy (non-hydrogen) atoms. The molecular formula is C27H31ClF3N3O4. The zero-order chi connectivity index (χ0) is 28.0. The van der Waals surface area contributed by atoms with Crippen molar-refractivity contribution >= 4 is 17.5 Å². The van der Waals surface area contributed by atoms with Gasteiger partial charge in [-0.2, -0.15) is 13.2 Å². The summed E-state index contributed by atoms with van der Waals surface area (Å²) in [5.74, 6) is 0.0482. The molecule has 0 aliphatic carbocycles. The number of aryl methyl sites for hydroxylation is 1. The van der Waals surface area contributed by atoms with E-state index >= 15 is 0 Å². The van der Waals surface area contributed by atoms with E-state index in [1.165, 1.54) is 18.2 Å². The Kier molecular flexibility index (Phi) is 9.81. The fraction of sp³-hybridized carbons (Fsp3) is 0.407. The molecule has 0 aliphatic heterocycles. The Bertz CT molecular complexity index is 1230. The van der Waals surface area contributed by atoms with E-state index in [1.54, 1.807) is 0 Å². The molecule has 3 aromatic rings. The Morgan fingerprint density at radius 3 is 2.42 bits per heavy atom. The summed E-state index contributed by atoms with van der Waals surface area (Å²) < 4.78 is 45.1. The second-order valence-corrected chi connectivity index (χ2v) is 9.62. The Morgan fingerprint density at radius 2 is 1.84 bits per heavy atom. The lowest BCUT2D eigenvalue weighted by atomic mass is 10.0. The maximum Gasteiger partial charge on any atom is 0.425 e. The molecular weight excluding hydrogens is 523 g/mol. The van der Waals surface area contributed by atoms with Crippen molar-refractivity contribution in [2.75, 3.05) is 13.2 Å². The number of aromatic nitrogens is 2. The number of hydrogen-bond donors (Lipinski definition) is 3. The van der Waals surface area contributed by atoms with Crippen molar-refractivity contribution in [3.63, 3.8) is 0 Å². The summed E-state index contributed by atoms with van der Waals surface area (Å²) in [4.78, 5) is 17.4. The van der Waals surface area contributed by atoms with Gasteiger partial charge in [-0.05, 0) is 43.5 Å². The lowest BCUT2D eigenvalue weighted by molar-refractivity contribution is -0.189. The number of carbonyl (C=O) groups excluding carboxylic acids is 1. The number of amides is 1. The van der Waals surface area contributed by atoms with E-state index in [9.17, 15) is 28.2 Å². The van der Waals surface area contributed by atoms with E-state index in [1.807, 2.05) is 49.0 Å². The topological polar surface area (TPSA) is 96.6 Å². The third-order valence-corrected chi connectivity index (χ3v) is 6.43. The Labute approximate surface area is 224 Å². The largest absolute Gasteiger partial charge is 0.480 e. The molecule has 7 nitrogen and oxygen atoms in total. The number of nitrogens with one attached hydrogen (secondary N) is 1. The van der Waals surface area contributed by atoms with Gasteiger partial charge >= 0.3 is 6.18 Å². The number of rotatable bonds is 11. The van der Waals surface area contributed by atoms with Gasteiger partial charge in [0.25, 0.3) is 5.91 Å². The van der Waals surface area contributed by atoms with Gasteiger partial charge in [0.15, 0.2) is 6.10 Å². The molecule has 0 fully saturated rings. The first-order valence-corrected chi connectivity index (χ1v) is 12.5. The quantitative estimate of drug-likeness (QED) is 0.314. The smallest absolute Gasteiger partial charge is 0.425 e. The minimum absolute atomic E-state index is 0.00257. The Hall–Kier alpha value is -3.08. The molecule has 1 aromatic heterocycles. The van der Waals surface area contributed by atoms with Crippen molar-refractivity contribution in [2.45, 2.75) is 50.9 Å². The van der Waals surface area contributed by atoms with Crippen molar-refractivity contribution < 1.29 is 32.9 Å². The maximum atomic E-state index is 12.8. The van der Waals surface area contributed by atoms with E-state index in [0.717, 1.165) is 29.6 Å². The molecule has 206 valence electrons. The summed E-state index contributed by atoms with van der Waals surface area (Å²) >= 11 is 6.07. The summed E-state index contributed by atoms with van der Waals surface area (Å²) in [6.45, 7) is 2.62. The van der Waals surface area contributed by atoms with Crippen LogP contribution in [0.15, 0.2) is 48.7 Å². The van der Waals surface area contributed by atoms with Crippen molar-refractivity contribution in [2.24, 2.45) is 7.05 Å². The number of nitrogens with zero attached hydrogens (tertiary/aromatic N) is 2. The van der Waals surface area contributed by atoms with Crippen LogP contribution >= 0.6 is 11.6 Å². The molecule has 11 heteroatoms. The molecule has 0 radical (unpaired) electrons. The van der Waals surface area contributed by atoms with Crippen molar-refractivity contribution in [1.82, 2.24) is 14.9 Å². The number of alkyl halides is 3. The molecule has 0 saturated heterocycles. The minimum atomic E-state index is -4.55. The van der Waals surface area contributed by atoms with Crippen LogP contribution in [0.3, 0.4) is 0 Å². The van der Waals surface area contributed by atoms with Crippen molar-refractivity contribution in [1.29, 1.82) is 0 Å². The fourth-order valence-corrected chi connectivity index (χ4v) is 4.13. The summed E-state index contributed by atoms with van der Waals surface area (Å²) in [6.07, 6.45) is -3.96.